The Hall–Kier alpha value is -0.730. The Bertz CT molecular complexity index is 1020. The molecule has 1 amide bonds. The van der Waals surface area contributed by atoms with Gasteiger partial charge in [-0.3, -0.25) is 0 Å². The standard InChI is InChI=1S/C49H91NO2/c1-9-10-11-12-13-14-15-16-17-18-19-20-21-22-23-24-25-31-47(6)35-34-46(4,5)44(37-47)50-45(51)52-38-48(7)32-26-33-49(8)42-29-27-40(39(2)3)36-41(42)28-30-43(48)49/h39-44H,9-38H2,1-8H3,(H,50,51). The fourth-order valence-corrected chi connectivity index (χ4v) is 12.6. The molecule has 4 fully saturated rings. The van der Waals surface area contributed by atoms with Crippen LogP contribution in [0.15, 0.2) is 0 Å². The highest BCUT2D eigenvalue weighted by Gasteiger charge is 2.57. The minimum absolute atomic E-state index is 0.105. The SMILES string of the molecule is CCCCCCCCCCCCCCCCCCCC1(C)CCC(C)(C)C(NC(=O)OCC2(C)CCCC3(C)C4CCC(C(C)C)CC4CCC23)C1. The minimum atomic E-state index is -0.153. The van der Waals surface area contributed by atoms with Crippen LogP contribution in [0.3, 0.4) is 0 Å². The van der Waals surface area contributed by atoms with Crippen molar-refractivity contribution in [1.29, 1.82) is 0 Å². The van der Waals surface area contributed by atoms with E-state index in [-0.39, 0.29) is 23.0 Å². The molecule has 4 rings (SSSR count). The van der Waals surface area contributed by atoms with E-state index in [1.165, 1.54) is 180 Å². The number of nitrogens with one attached hydrogen (secondary N) is 1. The Morgan fingerprint density at radius 1 is 0.692 bits per heavy atom. The Kier molecular flexibility index (Phi) is 17.7. The Labute approximate surface area is 325 Å². The zero-order valence-corrected chi connectivity index (χ0v) is 36.5. The zero-order chi connectivity index (χ0) is 37.7. The molecular weight excluding hydrogens is 635 g/mol. The van der Waals surface area contributed by atoms with Gasteiger partial charge in [-0.15, -0.1) is 0 Å². The van der Waals surface area contributed by atoms with Crippen LogP contribution in [0.1, 0.15) is 242 Å². The van der Waals surface area contributed by atoms with E-state index in [4.69, 9.17) is 4.74 Å². The molecule has 0 heterocycles. The molecular formula is C49H91NO2. The first-order valence-corrected chi connectivity index (χ1v) is 23.8. The lowest BCUT2D eigenvalue weighted by Gasteiger charge is -2.61. The number of hydrogen-bond donors (Lipinski definition) is 1. The number of carbonyl (C=O) groups excluding carboxylic acids is 1. The quantitative estimate of drug-likeness (QED) is 0.113. The van der Waals surface area contributed by atoms with Crippen molar-refractivity contribution in [3.05, 3.63) is 0 Å². The van der Waals surface area contributed by atoms with Crippen LogP contribution in [-0.4, -0.2) is 18.7 Å². The Morgan fingerprint density at radius 2 is 1.27 bits per heavy atom. The molecule has 0 aromatic rings. The van der Waals surface area contributed by atoms with Crippen molar-refractivity contribution in [3.63, 3.8) is 0 Å². The van der Waals surface area contributed by atoms with Crippen molar-refractivity contribution in [2.45, 2.75) is 248 Å². The molecule has 0 aromatic heterocycles. The van der Waals surface area contributed by atoms with Crippen LogP contribution in [0.4, 0.5) is 4.79 Å². The Balaban J connectivity index is 1.11. The molecule has 0 radical (unpaired) electrons. The van der Waals surface area contributed by atoms with Gasteiger partial charge in [-0.1, -0.05) is 171 Å². The molecule has 8 atom stereocenters. The predicted molar refractivity (Wildman–Crippen MR) is 225 cm³/mol. The number of unbranched alkanes of at least 4 members (excludes halogenated alkanes) is 16. The lowest BCUT2D eigenvalue weighted by Crippen LogP contribution is -2.55. The van der Waals surface area contributed by atoms with Gasteiger partial charge in [0, 0.05) is 11.5 Å². The maximum atomic E-state index is 13.6. The van der Waals surface area contributed by atoms with Crippen LogP contribution >= 0.6 is 0 Å². The molecule has 4 aliphatic rings. The third-order valence-corrected chi connectivity index (χ3v) is 16.5. The highest BCUT2D eigenvalue weighted by atomic mass is 16.5. The molecule has 0 bridgehead atoms. The van der Waals surface area contributed by atoms with Crippen LogP contribution in [0, 0.1) is 51.2 Å². The van der Waals surface area contributed by atoms with Gasteiger partial charge >= 0.3 is 6.09 Å². The van der Waals surface area contributed by atoms with Gasteiger partial charge in [0.15, 0.2) is 0 Å². The molecule has 52 heavy (non-hydrogen) atoms. The normalized spacial score (nSPS) is 34.4. The number of amides is 1. The van der Waals surface area contributed by atoms with Crippen LogP contribution in [0.2, 0.25) is 0 Å². The van der Waals surface area contributed by atoms with Gasteiger partial charge in [0.1, 0.15) is 0 Å². The number of fused-ring (bicyclic) bond motifs is 3. The smallest absolute Gasteiger partial charge is 0.407 e. The number of hydrogen-bond acceptors (Lipinski definition) is 2. The molecule has 8 unspecified atom stereocenters. The van der Waals surface area contributed by atoms with Gasteiger partial charge in [-0.05, 0) is 116 Å². The van der Waals surface area contributed by atoms with Gasteiger partial charge in [-0.25, -0.2) is 4.79 Å². The van der Waals surface area contributed by atoms with Crippen LogP contribution in [0.5, 0.6) is 0 Å². The summed E-state index contributed by atoms with van der Waals surface area (Å²) < 4.78 is 6.27. The first-order chi connectivity index (χ1) is 24.8. The summed E-state index contributed by atoms with van der Waals surface area (Å²) in [6, 6.07) is 0.195. The second kappa shape index (κ2) is 21.0. The number of carbonyl (C=O) groups is 1. The van der Waals surface area contributed by atoms with Gasteiger partial charge in [0.25, 0.3) is 0 Å². The first kappa shape index (κ1) is 44.0. The van der Waals surface area contributed by atoms with Gasteiger partial charge in [-0.2, -0.15) is 0 Å². The molecule has 3 heteroatoms. The third kappa shape index (κ3) is 12.6. The number of ether oxygens (including phenoxy) is 1. The molecule has 0 spiro atoms. The maximum Gasteiger partial charge on any atom is 0.407 e. The average molecular weight is 726 g/mol. The molecule has 304 valence electrons. The summed E-state index contributed by atoms with van der Waals surface area (Å²) in [7, 11) is 0. The lowest BCUT2D eigenvalue weighted by atomic mass is 9.44. The van der Waals surface area contributed by atoms with E-state index < -0.39 is 0 Å². The summed E-state index contributed by atoms with van der Waals surface area (Å²) in [4.78, 5) is 13.6. The summed E-state index contributed by atoms with van der Waals surface area (Å²) in [5.41, 5.74) is 0.964. The van der Waals surface area contributed by atoms with Crippen LogP contribution in [-0.2, 0) is 4.74 Å². The summed E-state index contributed by atoms with van der Waals surface area (Å²) in [5, 5.41) is 3.46. The Morgan fingerprint density at radius 3 is 1.85 bits per heavy atom. The second-order valence-electron chi connectivity index (χ2n) is 21.5. The van der Waals surface area contributed by atoms with Crippen molar-refractivity contribution >= 4 is 6.09 Å². The van der Waals surface area contributed by atoms with E-state index in [1.54, 1.807) is 0 Å². The van der Waals surface area contributed by atoms with Crippen molar-refractivity contribution in [3.8, 4) is 0 Å². The molecule has 0 saturated heterocycles. The predicted octanol–water partition coefficient (Wildman–Crippen LogP) is 15.6. The molecule has 0 aliphatic heterocycles. The largest absolute Gasteiger partial charge is 0.449 e. The van der Waals surface area contributed by atoms with E-state index in [2.05, 4.69) is 60.7 Å². The van der Waals surface area contributed by atoms with Crippen molar-refractivity contribution < 1.29 is 9.53 Å². The van der Waals surface area contributed by atoms with E-state index in [0.717, 1.165) is 30.1 Å². The summed E-state index contributed by atoms with van der Waals surface area (Å²) in [5.74, 6) is 4.21. The second-order valence-corrected chi connectivity index (χ2v) is 21.5. The zero-order valence-electron chi connectivity index (χ0n) is 36.5. The molecule has 0 aromatic carbocycles. The third-order valence-electron chi connectivity index (χ3n) is 16.5. The number of alkyl carbamates (subject to hydrolysis) is 1. The van der Waals surface area contributed by atoms with E-state index in [1.807, 2.05) is 0 Å². The average Bonchev–Trinajstić information content (AvgIpc) is 3.10. The fraction of sp³-hybridized carbons (Fsp3) is 0.980. The first-order valence-electron chi connectivity index (χ1n) is 23.8. The highest BCUT2D eigenvalue weighted by molar-refractivity contribution is 5.67. The van der Waals surface area contributed by atoms with Crippen LogP contribution < -0.4 is 5.32 Å². The van der Waals surface area contributed by atoms with Gasteiger partial charge in [0.2, 0.25) is 0 Å². The summed E-state index contributed by atoms with van der Waals surface area (Å²) in [6.45, 7) is 20.1. The van der Waals surface area contributed by atoms with Gasteiger partial charge in [0.05, 0.1) is 6.61 Å². The minimum Gasteiger partial charge on any atom is -0.449 e. The van der Waals surface area contributed by atoms with Crippen LogP contribution in [0.25, 0.3) is 0 Å². The van der Waals surface area contributed by atoms with Gasteiger partial charge < -0.3 is 10.1 Å². The summed E-state index contributed by atoms with van der Waals surface area (Å²) in [6.07, 6.45) is 39.9. The molecule has 4 saturated carbocycles. The van der Waals surface area contributed by atoms with E-state index in [0.29, 0.717) is 23.4 Å². The fourth-order valence-electron chi connectivity index (χ4n) is 12.6. The molecule has 1 N–H and O–H groups in total. The topological polar surface area (TPSA) is 38.3 Å². The lowest BCUT2D eigenvalue weighted by molar-refractivity contribution is -0.136. The summed E-state index contributed by atoms with van der Waals surface area (Å²) >= 11 is 0. The van der Waals surface area contributed by atoms with Crippen molar-refractivity contribution in [1.82, 2.24) is 5.32 Å². The highest BCUT2D eigenvalue weighted by Crippen LogP contribution is 2.64. The monoisotopic (exact) mass is 726 g/mol. The molecule has 3 nitrogen and oxygen atoms in total. The van der Waals surface area contributed by atoms with Crippen molar-refractivity contribution in [2.75, 3.05) is 6.61 Å². The van der Waals surface area contributed by atoms with E-state index in [9.17, 15) is 4.79 Å². The number of rotatable bonds is 22. The van der Waals surface area contributed by atoms with Crippen molar-refractivity contribution in [2.24, 2.45) is 51.2 Å². The van der Waals surface area contributed by atoms with E-state index >= 15 is 0 Å². The molecule has 4 aliphatic carbocycles. The maximum absolute atomic E-state index is 13.6.